The van der Waals surface area contributed by atoms with Crippen molar-refractivity contribution < 1.29 is 4.79 Å². The van der Waals surface area contributed by atoms with Gasteiger partial charge in [-0.15, -0.1) is 20.4 Å². The molecule has 0 radical (unpaired) electrons. The van der Waals surface area contributed by atoms with Crippen molar-refractivity contribution in [2.24, 2.45) is 0 Å². The van der Waals surface area contributed by atoms with E-state index >= 15 is 0 Å². The van der Waals surface area contributed by atoms with Crippen LogP contribution in [0.2, 0.25) is 0 Å². The highest BCUT2D eigenvalue weighted by molar-refractivity contribution is 7.99. The van der Waals surface area contributed by atoms with Crippen molar-refractivity contribution in [1.82, 2.24) is 29.8 Å². The number of nitrogen functional groups attached to an aromatic ring is 1. The lowest BCUT2D eigenvalue weighted by atomic mass is 10.5. The third kappa shape index (κ3) is 3.32. The molecule has 0 bridgehead atoms. The van der Waals surface area contributed by atoms with E-state index in [1.807, 2.05) is 6.92 Å². The summed E-state index contributed by atoms with van der Waals surface area (Å²) in [7, 11) is 0. The van der Waals surface area contributed by atoms with Gasteiger partial charge in [0.05, 0.1) is 5.75 Å². The van der Waals surface area contributed by atoms with Crippen molar-refractivity contribution in [1.29, 1.82) is 0 Å². The summed E-state index contributed by atoms with van der Waals surface area (Å²) in [5, 5.41) is 19.9. The Hall–Kier alpha value is -2.47. The standard InChI is InChI=1S/C11H12N8O2S2/c1-2-8-15-17-10(23-8)14-7(21)4-22-11-18-16-9-13-6(20)3-5(12)19(9)11/h3H,2,4,12H2,1H3,(H,13,16,20)(H,14,17,21). The van der Waals surface area contributed by atoms with Crippen LogP contribution in [0.4, 0.5) is 10.9 Å². The fourth-order valence-corrected chi connectivity index (χ4v) is 3.20. The van der Waals surface area contributed by atoms with Crippen LogP contribution in [0.5, 0.6) is 0 Å². The molecule has 0 fully saturated rings. The number of aryl methyl sites for hydroxylation is 1. The van der Waals surface area contributed by atoms with Gasteiger partial charge >= 0.3 is 0 Å². The first-order valence-electron chi connectivity index (χ1n) is 6.55. The van der Waals surface area contributed by atoms with Gasteiger partial charge in [0.25, 0.3) is 5.56 Å². The molecule has 12 heteroatoms. The third-order valence-electron chi connectivity index (χ3n) is 2.75. The number of fused-ring (bicyclic) bond motifs is 1. The first-order chi connectivity index (χ1) is 11.1. The number of aromatic nitrogens is 6. The Morgan fingerprint density at radius 1 is 1.43 bits per heavy atom. The predicted molar refractivity (Wildman–Crippen MR) is 86.7 cm³/mol. The van der Waals surface area contributed by atoms with Crippen molar-refractivity contribution in [2.75, 3.05) is 16.8 Å². The number of nitrogens with two attached hydrogens (primary N) is 1. The molecule has 0 aliphatic heterocycles. The van der Waals surface area contributed by atoms with Gasteiger partial charge in [-0.25, -0.2) is 4.40 Å². The molecule has 0 unspecified atom stereocenters. The van der Waals surface area contributed by atoms with Crippen molar-refractivity contribution in [3.8, 4) is 0 Å². The van der Waals surface area contributed by atoms with E-state index in [9.17, 15) is 9.59 Å². The molecule has 0 aliphatic carbocycles. The third-order valence-corrected chi connectivity index (χ3v) is 4.67. The highest BCUT2D eigenvalue weighted by Crippen LogP contribution is 2.19. The van der Waals surface area contributed by atoms with E-state index in [1.54, 1.807) is 0 Å². The normalized spacial score (nSPS) is 11.0. The molecule has 0 atom stereocenters. The maximum absolute atomic E-state index is 11.9. The minimum absolute atomic E-state index is 0.0976. The van der Waals surface area contributed by atoms with Gasteiger partial charge in [0, 0.05) is 6.07 Å². The lowest BCUT2D eigenvalue weighted by Crippen LogP contribution is -2.15. The maximum Gasteiger partial charge on any atom is 0.254 e. The molecule has 0 aliphatic rings. The number of anilines is 2. The number of nitrogens with zero attached hydrogens (tertiary/aromatic N) is 5. The zero-order chi connectivity index (χ0) is 16.4. The summed E-state index contributed by atoms with van der Waals surface area (Å²) in [5.41, 5.74) is 5.42. The van der Waals surface area contributed by atoms with Crippen LogP contribution in [-0.2, 0) is 11.2 Å². The van der Waals surface area contributed by atoms with Crippen LogP contribution < -0.4 is 16.6 Å². The maximum atomic E-state index is 11.9. The number of rotatable bonds is 5. The van der Waals surface area contributed by atoms with E-state index in [4.69, 9.17) is 5.73 Å². The quantitative estimate of drug-likeness (QED) is 0.550. The van der Waals surface area contributed by atoms with Gasteiger partial charge in [0.2, 0.25) is 16.8 Å². The zero-order valence-corrected chi connectivity index (χ0v) is 13.6. The summed E-state index contributed by atoms with van der Waals surface area (Å²) in [5.74, 6) is 0.289. The Balaban J connectivity index is 1.68. The van der Waals surface area contributed by atoms with E-state index in [0.717, 1.165) is 23.2 Å². The fraction of sp³-hybridized carbons (Fsp3) is 0.273. The molecule has 1 amide bonds. The lowest BCUT2D eigenvalue weighted by Gasteiger charge is -2.02. The topological polar surface area (TPSA) is 144 Å². The second-order valence-electron chi connectivity index (χ2n) is 4.39. The van der Waals surface area contributed by atoms with Crippen molar-refractivity contribution >= 4 is 45.7 Å². The summed E-state index contributed by atoms with van der Waals surface area (Å²) < 4.78 is 1.47. The number of aromatic amines is 1. The minimum Gasteiger partial charge on any atom is -0.385 e. The summed E-state index contributed by atoms with van der Waals surface area (Å²) in [6, 6.07) is 1.23. The molecular weight excluding hydrogens is 340 g/mol. The van der Waals surface area contributed by atoms with Gasteiger partial charge in [0.1, 0.15) is 10.8 Å². The van der Waals surface area contributed by atoms with Gasteiger partial charge in [-0.2, -0.15) is 0 Å². The summed E-state index contributed by atoms with van der Waals surface area (Å²) in [4.78, 5) is 25.8. The summed E-state index contributed by atoms with van der Waals surface area (Å²) in [6.07, 6.45) is 0.769. The van der Waals surface area contributed by atoms with Crippen molar-refractivity contribution in [3.63, 3.8) is 0 Å². The molecule has 3 rings (SSSR count). The molecule has 0 saturated heterocycles. The predicted octanol–water partition coefficient (Wildman–Crippen LogP) is 0.145. The van der Waals surface area contributed by atoms with Crippen LogP contribution in [0.25, 0.3) is 5.78 Å². The molecule has 3 aromatic rings. The molecule has 10 nitrogen and oxygen atoms in total. The first kappa shape index (κ1) is 15.4. The molecule has 4 N–H and O–H groups in total. The number of hydrogen-bond acceptors (Lipinski definition) is 9. The number of thioether (sulfide) groups is 1. The van der Waals surface area contributed by atoms with Gasteiger partial charge < -0.3 is 5.73 Å². The minimum atomic E-state index is -0.361. The van der Waals surface area contributed by atoms with Crippen molar-refractivity contribution in [2.45, 2.75) is 18.5 Å². The van der Waals surface area contributed by atoms with Crippen molar-refractivity contribution in [3.05, 3.63) is 21.4 Å². The Kier molecular flexibility index (Phi) is 4.25. The number of carbonyl (C=O) groups is 1. The molecule has 0 aromatic carbocycles. The van der Waals surface area contributed by atoms with Crippen LogP contribution >= 0.6 is 23.1 Å². The Morgan fingerprint density at radius 2 is 2.26 bits per heavy atom. The van der Waals surface area contributed by atoms with Crippen LogP contribution in [0.1, 0.15) is 11.9 Å². The van der Waals surface area contributed by atoms with E-state index in [0.29, 0.717) is 10.3 Å². The number of amides is 1. The number of carbonyl (C=O) groups excluding carboxylic acids is 1. The molecule has 3 heterocycles. The number of hydrogen-bond donors (Lipinski definition) is 3. The second-order valence-corrected chi connectivity index (χ2v) is 6.40. The average molecular weight is 352 g/mol. The highest BCUT2D eigenvalue weighted by atomic mass is 32.2. The SMILES string of the molecule is CCc1nnc(NC(=O)CSc2nnc3[nH]c(=O)cc(N)n23)s1. The number of nitrogens with one attached hydrogen (secondary N) is 2. The lowest BCUT2D eigenvalue weighted by molar-refractivity contribution is -0.113. The van der Waals surface area contributed by atoms with Crippen LogP contribution in [-0.4, -0.2) is 41.4 Å². The second kappa shape index (κ2) is 6.34. The molecule has 120 valence electrons. The van der Waals surface area contributed by atoms with E-state index in [1.165, 1.54) is 21.8 Å². The van der Waals surface area contributed by atoms with Gasteiger partial charge in [0.15, 0.2) is 5.16 Å². The Labute approximate surface area is 137 Å². The van der Waals surface area contributed by atoms with E-state index < -0.39 is 0 Å². The van der Waals surface area contributed by atoms with Crippen LogP contribution in [0, 0.1) is 0 Å². The molecule has 23 heavy (non-hydrogen) atoms. The Bertz CT molecular complexity index is 914. The van der Waals surface area contributed by atoms with Crippen LogP contribution in [0.3, 0.4) is 0 Å². The van der Waals surface area contributed by atoms with Crippen LogP contribution in [0.15, 0.2) is 16.0 Å². The molecule has 0 saturated carbocycles. The van der Waals surface area contributed by atoms with E-state index in [2.05, 4.69) is 30.7 Å². The molecule has 0 spiro atoms. The molecule has 3 aromatic heterocycles. The monoisotopic (exact) mass is 352 g/mol. The van der Waals surface area contributed by atoms with Gasteiger partial charge in [-0.05, 0) is 6.42 Å². The fourth-order valence-electron chi connectivity index (χ4n) is 1.75. The molecular formula is C11H12N8O2S2. The van der Waals surface area contributed by atoms with Gasteiger partial charge in [-0.1, -0.05) is 30.0 Å². The zero-order valence-electron chi connectivity index (χ0n) is 11.9. The summed E-state index contributed by atoms with van der Waals surface area (Å²) in [6.45, 7) is 1.97. The average Bonchev–Trinajstić information content (AvgIpc) is 3.11. The smallest absolute Gasteiger partial charge is 0.254 e. The largest absolute Gasteiger partial charge is 0.385 e. The Morgan fingerprint density at radius 3 is 3.00 bits per heavy atom. The van der Waals surface area contributed by atoms with Gasteiger partial charge in [-0.3, -0.25) is 19.9 Å². The first-order valence-corrected chi connectivity index (χ1v) is 8.36. The number of H-pyrrole nitrogens is 1. The highest BCUT2D eigenvalue weighted by Gasteiger charge is 2.13. The van der Waals surface area contributed by atoms with E-state index in [-0.39, 0.29) is 28.8 Å². The summed E-state index contributed by atoms with van der Waals surface area (Å²) >= 11 is 2.48.